The van der Waals surface area contributed by atoms with Gasteiger partial charge in [-0.25, -0.2) is 0 Å². The first-order chi connectivity index (χ1) is 8.24. The third-order valence-electron chi connectivity index (χ3n) is 3.05. The van der Waals surface area contributed by atoms with Crippen LogP contribution in [0.4, 0.5) is 5.69 Å². The number of hydrogen-bond acceptors (Lipinski definition) is 3. The number of hydrogen-bond donors (Lipinski definition) is 2. The molecule has 0 saturated heterocycles. The van der Waals surface area contributed by atoms with Crippen LogP contribution < -0.4 is 11.1 Å². The number of rotatable bonds is 4. The summed E-state index contributed by atoms with van der Waals surface area (Å²) in [6.07, 6.45) is 1.15. The highest BCUT2D eigenvalue weighted by molar-refractivity contribution is 5.93. The summed E-state index contributed by atoms with van der Waals surface area (Å²) in [4.78, 5) is 13.7. The zero-order chi connectivity index (χ0) is 12.3. The third-order valence-corrected chi connectivity index (χ3v) is 3.05. The van der Waals surface area contributed by atoms with E-state index in [1.54, 1.807) is 0 Å². The smallest absolute Gasteiger partial charge is 0.238 e. The molecule has 0 fully saturated rings. The molecule has 17 heavy (non-hydrogen) atoms. The average Bonchev–Trinajstić information content (AvgIpc) is 2.73. The Balaban J connectivity index is 2.16. The lowest BCUT2D eigenvalue weighted by atomic mass is 10.1. The summed E-state index contributed by atoms with van der Waals surface area (Å²) in [5, 5.41) is 2.86. The molecule has 2 rings (SSSR count). The predicted octanol–water partition coefficient (Wildman–Crippen LogP) is 1.31. The molecule has 4 nitrogen and oxygen atoms in total. The maximum atomic E-state index is 11.3. The molecule has 1 heterocycles. The lowest BCUT2D eigenvalue weighted by molar-refractivity contribution is -0.114. The van der Waals surface area contributed by atoms with E-state index in [9.17, 15) is 4.79 Å². The molecule has 1 aliphatic rings. The molecule has 0 unspecified atom stereocenters. The summed E-state index contributed by atoms with van der Waals surface area (Å²) in [7, 11) is 0. The molecule has 1 aromatic rings. The maximum absolute atomic E-state index is 11.3. The van der Waals surface area contributed by atoms with Crippen molar-refractivity contribution in [2.45, 2.75) is 26.4 Å². The number of amides is 1. The molecule has 0 bridgehead atoms. The highest BCUT2D eigenvalue weighted by Crippen LogP contribution is 2.29. The molecule has 0 radical (unpaired) electrons. The minimum Gasteiger partial charge on any atom is -0.325 e. The largest absolute Gasteiger partial charge is 0.325 e. The van der Waals surface area contributed by atoms with Gasteiger partial charge in [-0.1, -0.05) is 19.1 Å². The number of carbonyl (C=O) groups is 1. The number of nitrogens with zero attached hydrogens (tertiary/aromatic N) is 1. The summed E-state index contributed by atoms with van der Waals surface area (Å²) < 4.78 is 0. The average molecular weight is 233 g/mol. The quantitative estimate of drug-likeness (QED) is 0.824. The zero-order valence-corrected chi connectivity index (χ0v) is 10.2. The van der Waals surface area contributed by atoms with Crippen LogP contribution in [0, 0.1) is 0 Å². The summed E-state index contributed by atoms with van der Waals surface area (Å²) in [5.41, 5.74) is 8.78. The van der Waals surface area contributed by atoms with E-state index < -0.39 is 0 Å². The Hall–Kier alpha value is -1.39. The van der Waals surface area contributed by atoms with E-state index in [2.05, 4.69) is 23.2 Å². The van der Waals surface area contributed by atoms with Crippen LogP contribution in [0.5, 0.6) is 0 Å². The lowest BCUT2D eigenvalue weighted by Gasteiger charge is -2.13. The van der Waals surface area contributed by atoms with Crippen LogP contribution in [0.2, 0.25) is 0 Å². The van der Waals surface area contributed by atoms with Crippen molar-refractivity contribution in [3.05, 3.63) is 29.3 Å². The van der Waals surface area contributed by atoms with E-state index in [-0.39, 0.29) is 12.5 Å². The van der Waals surface area contributed by atoms with E-state index in [4.69, 9.17) is 5.73 Å². The highest BCUT2D eigenvalue weighted by atomic mass is 16.1. The molecular formula is C13H19N3O. The fourth-order valence-electron chi connectivity index (χ4n) is 2.28. The Morgan fingerprint density at radius 2 is 2.29 bits per heavy atom. The van der Waals surface area contributed by atoms with Gasteiger partial charge in [0.05, 0.1) is 6.54 Å². The van der Waals surface area contributed by atoms with Gasteiger partial charge in [0, 0.05) is 18.8 Å². The normalized spacial score (nSPS) is 14.7. The minimum absolute atomic E-state index is 0.0301. The van der Waals surface area contributed by atoms with Crippen LogP contribution in [0.3, 0.4) is 0 Å². The van der Waals surface area contributed by atoms with Crippen LogP contribution in [0.25, 0.3) is 0 Å². The molecule has 0 saturated carbocycles. The van der Waals surface area contributed by atoms with Crippen molar-refractivity contribution in [3.63, 3.8) is 0 Å². The third kappa shape index (κ3) is 2.65. The van der Waals surface area contributed by atoms with E-state index in [1.807, 2.05) is 12.1 Å². The number of benzene rings is 1. The first-order valence-corrected chi connectivity index (χ1v) is 6.07. The Morgan fingerprint density at radius 3 is 3.00 bits per heavy atom. The molecule has 1 amide bonds. The van der Waals surface area contributed by atoms with Crippen molar-refractivity contribution in [3.8, 4) is 0 Å². The molecule has 0 spiro atoms. The molecular weight excluding hydrogens is 214 g/mol. The second-order valence-corrected chi connectivity index (χ2v) is 4.41. The van der Waals surface area contributed by atoms with E-state index in [0.29, 0.717) is 0 Å². The number of fused-ring (bicyclic) bond motifs is 1. The molecule has 4 heteroatoms. The van der Waals surface area contributed by atoms with Crippen molar-refractivity contribution < 1.29 is 4.79 Å². The van der Waals surface area contributed by atoms with Gasteiger partial charge in [0.2, 0.25) is 5.91 Å². The van der Waals surface area contributed by atoms with E-state index in [1.165, 1.54) is 11.1 Å². The second kappa shape index (κ2) is 5.29. The van der Waals surface area contributed by atoms with Gasteiger partial charge in [-0.2, -0.15) is 0 Å². The van der Waals surface area contributed by atoms with Crippen molar-refractivity contribution >= 4 is 11.6 Å². The molecule has 92 valence electrons. The van der Waals surface area contributed by atoms with Gasteiger partial charge in [0.15, 0.2) is 0 Å². The van der Waals surface area contributed by atoms with Gasteiger partial charge in [-0.15, -0.1) is 0 Å². The molecule has 0 atom stereocenters. The van der Waals surface area contributed by atoms with Gasteiger partial charge >= 0.3 is 0 Å². The summed E-state index contributed by atoms with van der Waals surface area (Å²) >= 11 is 0. The summed E-state index contributed by atoms with van der Waals surface area (Å²) in [6, 6.07) is 6.06. The Bertz CT molecular complexity index is 417. The second-order valence-electron chi connectivity index (χ2n) is 4.41. The standard InChI is InChI=1S/C13H19N3O/c1-2-6-16-8-10-4-3-5-12(11(10)9-16)15-13(17)7-14/h3-5H,2,6-9,14H2,1H3,(H,15,17). The SMILES string of the molecule is CCCN1Cc2cccc(NC(=O)CN)c2C1. The predicted molar refractivity (Wildman–Crippen MR) is 68.5 cm³/mol. The number of carbonyl (C=O) groups excluding carboxylic acids is 1. The van der Waals surface area contributed by atoms with Crippen LogP contribution in [0.1, 0.15) is 24.5 Å². The summed E-state index contributed by atoms with van der Waals surface area (Å²) in [5.74, 6) is -0.132. The minimum atomic E-state index is -0.132. The Labute approximate surface area is 102 Å². The molecule has 1 aromatic carbocycles. The van der Waals surface area contributed by atoms with Gasteiger partial charge in [-0.3, -0.25) is 9.69 Å². The van der Waals surface area contributed by atoms with Gasteiger partial charge in [-0.05, 0) is 30.2 Å². The van der Waals surface area contributed by atoms with E-state index in [0.717, 1.165) is 31.7 Å². The van der Waals surface area contributed by atoms with Crippen LogP contribution in [-0.2, 0) is 17.9 Å². The fourth-order valence-corrected chi connectivity index (χ4v) is 2.28. The Kier molecular flexibility index (Phi) is 3.76. The van der Waals surface area contributed by atoms with Gasteiger partial charge in [0.25, 0.3) is 0 Å². The monoisotopic (exact) mass is 233 g/mol. The number of nitrogens with two attached hydrogens (primary N) is 1. The molecule has 3 N–H and O–H groups in total. The topological polar surface area (TPSA) is 58.4 Å². The first kappa shape index (κ1) is 12.1. The number of anilines is 1. The molecule has 1 aliphatic heterocycles. The van der Waals surface area contributed by atoms with E-state index >= 15 is 0 Å². The van der Waals surface area contributed by atoms with Crippen LogP contribution in [-0.4, -0.2) is 23.9 Å². The van der Waals surface area contributed by atoms with Gasteiger partial charge in [0.1, 0.15) is 0 Å². The summed E-state index contributed by atoms with van der Waals surface area (Å²) in [6.45, 7) is 5.21. The van der Waals surface area contributed by atoms with Crippen LogP contribution >= 0.6 is 0 Å². The highest BCUT2D eigenvalue weighted by Gasteiger charge is 2.21. The van der Waals surface area contributed by atoms with Crippen molar-refractivity contribution in [2.24, 2.45) is 5.73 Å². The lowest BCUT2D eigenvalue weighted by Crippen LogP contribution is -2.22. The van der Waals surface area contributed by atoms with Crippen molar-refractivity contribution in [1.29, 1.82) is 0 Å². The van der Waals surface area contributed by atoms with Gasteiger partial charge < -0.3 is 11.1 Å². The van der Waals surface area contributed by atoms with Crippen molar-refractivity contribution in [2.75, 3.05) is 18.4 Å². The van der Waals surface area contributed by atoms with Crippen LogP contribution in [0.15, 0.2) is 18.2 Å². The fraction of sp³-hybridized carbons (Fsp3) is 0.462. The first-order valence-electron chi connectivity index (χ1n) is 6.07. The molecule has 0 aromatic heterocycles. The Morgan fingerprint density at radius 1 is 1.47 bits per heavy atom. The zero-order valence-electron chi connectivity index (χ0n) is 10.2. The van der Waals surface area contributed by atoms with Crippen molar-refractivity contribution in [1.82, 2.24) is 4.90 Å². The maximum Gasteiger partial charge on any atom is 0.238 e. The number of nitrogens with one attached hydrogen (secondary N) is 1. The molecule has 0 aliphatic carbocycles.